The Morgan fingerprint density at radius 3 is 2.52 bits per heavy atom. The molecule has 2 aromatic carbocycles. The summed E-state index contributed by atoms with van der Waals surface area (Å²) in [6, 6.07) is 15.0. The number of hydroxylamine groups is 1. The third-order valence-electron chi connectivity index (χ3n) is 3.37. The Morgan fingerprint density at radius 1 is 1.08 bits per heavy atom. The van der Waals surface area contributed by atoms with E-state index < -0.39 is 5.97 Å². The Balaban J connectivity index is 2.09. The minimum absolute atomic E-state index is 0.199. The van der Waals surface area contributed by atoms with Crippen LogP contribution in [0.25, 0.3) is 0 Å². The topological polar surface area (TPSA) is 73.9 Å². The molecular weight excluding hydrogens is 322 g/mol. The maximum Gasteiger partial charge on any atom is 0.308 e. The fraction of sp³-hybridized carbons (Fsp3) is 0.263. The Hall–Kier alpha value is -2.86. The van der Waals surface area contributed by atoms with E-state index in [1.807, 2.05) is 30.3 Å². The van der Waals surface area contributed by atoms with E-state index in [-0.39, 0.29) is 12.3 Å². The molecule has 0 saturated carbocycles. The number of esters is 1. The Labute approximate surface area is 146 Å². The van der Waals surface area contributed by atoms with Gasteiger partial charge in [-0.25, -0.2) is 5.48 Å². The molecule has 0 aliphatic carbocycles. The van der Waals surface area contributed by atoms with Crippen LogP contribution in [0.3, 0.4) is 0 Å². The van der Waals surface area contributed by atoms with E-state index in [0.717, 1.165) is 5.56 Å². The molecule has 0 atom stereocenters. The number of aryl methyl sites for hydroxylation is 1. The maximum absolute atomic E-state index is 11.6. The van der Waals surface area contributed by atoms with Crippen LogP contribution >= 0.6 is 0 Å². The molecule has 0 heterocycles. The molecule has 0 saturated heterocycles. The third kappa shape index (κ3) is 6.27. The van der Waals surface area contributed by atoms with Crippen molar-refractivity contribution in [3.63, 3.8) is 0 Å². The van der Waals surface area contributed by atoms with Crippen molar-refractivity contribution in [1.29, 1.82) is 0 Å². The van der Waals surface area contributed by atoms with Crippen molar-refractivity contribution in [3.8, 4) is 11.5 Å². The van der Waals surface area contributed by atoms with Crippen LogP contribution < -0.4 is 15.0 Å². The summed E-state index contributed by atoms with van der Waals surface area (Å²) in [6.45, 7) is 1.76. The molecular formula is C19H21NO5. The first-order valence-electron chi connectivity index (χ1n) is 7.88. The Kier molecular flexibility index (Phi) is 6.98. The molecule has 25 heavy (non-hydrogen) atoms. The molecule has 0 aliphatic heterocycles. The standard InChI is InChI=1S/C19H21NO5/c1-14(21)25-18-10-9-17(24-13-15-6-4-3-5-7-15)12-16(18)8-11-19(22)20-23-2/h3-7,9-10,12H,8,11,13H2,1-2H3,(H,20,22). The lowest BCUT2D eigenvalue weighted by atomic mass is 10.1. The minimum atomic E-state index is -0.416. The second-order valence-corrected chi connectivity index (χ2v) is 5.37. The fourth-order valence-electron chi connectivity index (χ4n) is 2.25. The summed E-state index contributed by atoms with van der Waals surface area (Å²) in [5, 5.41) is 0. The number of ether oxygens (including phenoxy) is 2. The van der Waals surface area contributed by atoms with Gasteiger partial charge in [0.15, 0.2) is 0 Å². The number of rotatable bonds is 8. The van der Waals surface area contributed by atoms with Gasteiger partial charge < -0.3 is 9.47 Å². The normalized spacial score (nSPS) is 10.2. The molecule has 0 aromatic heterocycles. The predicted octanol–water partition coefficient (Wildman–Crippen LogP) is 2.80. The van der Waals surface area contributed by atoms with E-state index in [9.17, 15) is 9.59 Å². The quantitative estimate of drug-likeness (QED) is 0.453. The summed E-state index contributed by atoms with van der Waals surface area (Å²) in [6.07, 6.45) is 0.588. The SMILES string of the molecule is CONC(=O)CCc1cc(OCc2ccccc2)ccc1OC(C)=O. The zero-order chi connectivity index (χ0) is 18.1. The first-order chi connectivity index (χ1) is 12.1. The number of carbonyl (C=O) groups excluding carboxylic acids is 2. The molecule has 6 nitrogen and oxygen atoms in total. The van der Waals surface area contributed by atoms with Gasteiger partial charge >= 0.3 is 5.97 Å². The summed E-state index contributed by atoms with van der Waals surface area (Å²) in [5.74, 6) is 0.388. The van der Waals surface area contributed by atoms with Gasteiger partial charge in [0.1, 0.15) is 18.1 Å². The van der Waals surface area contributed by atoms with Gasteiger partial charge in [-0.15, -0.1) is 0 Å². The summed E-state index contributed by atoms with van der Waals surface area (Å²) in [4.78, 5) is 27.4. The van der Waals surface area contributed by atoms with E-state index in [1.54, 1.807) is 18.2 Å². The molecule has 2 rings (SSSR count). The van der Waals surface area contributed by atoms with Crippen molar-refractivity contribution >= 4 is 11.9 Å². The summed E-state index contributed by atoms with van der Waals surface area (Å²) >= 11 is 0. The number of carbonyl (C=O) groups is 2. The van der Waals surface area contributed by atoms with Crippen molar-refractivity contribution in [1.82, 2.24) is 5.48 Å². The van der Waals surface area contributed by atoms with E-state index in [2.05, 4.69) is 10.3 Å². The van der Waals surface area contributed by atoms with Crippen molar-refractivity contribution in [3.05, 3.63) is 59.7 Å². The van der Waals surface area contributed by atoms with Crippen LogP contribution in [0.5, 0.6) is 11.5 Å². The molecule has 132 valence electrons. The minimum Gasteiger partial charge on any atom is -0.489 e. The van der Waals surface area contributed by atoms with Gasteiger partial charge in [-0.3, -0.25) is 14.4 Å². The number of hydrogen-bond donors (Lipinski definition) is 1. The fourth-order valence-corrected chi connectivity index (χ4v) is 2.25. The average Bonchev–Trinajstić information content (AvgIpc) is 2.60. The third-order valence-corrected chi connectivity index (χ3v) is 3.37. The lowest BCUT2D eigenvalue weighted by Crippen LogP contribution is -2.22. The van der Waals surface area contributed by atoms with Crippen LogP contribution in [0.2, 0.25) is 0 Å². The largest absolute Gasteiger partial charge is 0.489 e. The smallest absolute Gasteiger partial charge is 0.308 e. The molecule has 0 unspecified atom stereocenters. The van der Waals surface area contributed by atoms with Crippen molar-refractivity contribution < 1.29 is 23.9 Å². The number of nitrogens with one attached hydrogen (secondary N) is 1. The van der Waals surface area contributed by atoms with Gasteiger partial charge in [-0.2, -0.15) is 0 Å². The summed E-state index contributed by atoms with van der Waals surface area (Å²) < 4.78 is 11.0. The van der Waals surface area contributed by atoms with Crippen LogP contribution in [0.1, 0.15) is 24.5 Å². The monoisotopic (exact) mass is 343 g/mol. The molecule has 0 fully saturated rings. The zero-order valence-corrected chi connectivity index (χ0v) is 14.3. The molecule has 0 aliphatic rings. The molecule has 0 radical (unpaired) electrons. The molecule has 0 spiro atoms. The average molecular weight is 343 g/mol. The highest BCUT2D eigenvalue weighted by Gasteiger charge is 2.11. The Bertz CT molecular complexity index is 715. The van der Waals surface area contributed by atoms with Gasteiger partial charge in [0.05, 0.1) is 7.11 Å². The first kappa shape index (κ1) is 18.5. The highest BCUT2D eigenvalue weighted by atomic mass is 16.6. The van der Waals surface area contributed by atoms with Gasteiger partial charge in [-0.1, -0.05) is 30.3 Å². The van der Waals surface area contributed by atoms with Crippen LogP contribution in [-0.2, 0) is 27.5 Å². The van der Waals surface area contributed by atoms with Gasteiger partial charge in [0, 0.05) is 13.3 Å². The van der Waals surface area contributed by atoms with E-state index in [1.165, 1.54) is 14.0 Å². The van der Waals surface area contributed by atoms with Gasteiger partial charge in [0.2, 0.25) is 5.91 Å². The second-order valence-electron chi connectivity index (χ2n) is 5.37. The van der Waals surface area contributed by atoms with E-state index in [0.29, 0.717) is 30.1 Å². The predicted molar refractivity (Wildman–Crippen MR) is 92.0 cm³/mol. The number of benzene rings is 2. The Morgan fingerprint density at radius 2 is 1.84 bits per heavy atom. The maximum atomic E-state index is 11.6. The van der Waals surface area contributed by atoms with E-state index >= 15 is 0 Å². The summed E-state index contributed by atoms with van der Waals surface area (Å²) in [7, 11) is 1.38. The number of hydrogen-bond acceptors (Lipinski definition) is 5. The first-order valence-corrected chi connectivity index (χ1v) is 7.88. The van der Waals surface area contributed by atoms with Crippen LogP contribution in [0.4, 0.5) is 0 Å². The molecule has 1 amide bonds. The lowest BCUT2D eigenvalue weighted by Gasteiger charge is -2.12. The molecule has 2 aromatic rings. The van der Waals surface area contributed by atoms with E-state index in [4.69, 9.17) is 9.47 Å². The van der Waals surface area contributed by atoms with Crippen molar-refractivity contribution in [2.75, 3.05) is 7.11 Å². The molecule has 0 bridgehead atoms. The molecule has 6 heteroatoms. The van der Waals surface area contributed by atoms with Crippen LogP contribution in [-0.4, -0.2) is 19.0 Å². The lowest BCUT2D eigenvalue weighted by molar-refractivity contribution is -0.132. The highest BCUT2D eigenvalue weighted by Crippen LogP contribution is 2.26. The van der Waals surface area contributed by atoms with Gasteiger partial charge in [0.25, 0.3) is 0 Å². The van der Waals surface area contributed by atoms with Crippen molar-refractivity contribution in [2.45, 2.75) is 26.4 Å². The van der Waals surface area contributed by atoms with Gasteiger partial charge in [-0.05, 0) is 35.7 Å². The second kappa shape index (κ2) is 9.44. The summed E-state index contributed by atoms with van der Waals surface area (Å²) in [5.41, 5.74) is 4.02. The van der Waals surface area contributed by atoms with Crippen LogP contribution in [0.15, 0.2) is 48.5 Å². The van der Waals surface area contributed by atoms with Crippen molar-refractivity contribution in [2.24, 2.45) is 0 Å². The highest BCUT2D eigenvalue weighted by molar-refractivity contribution is 5.75. The number of amides is 1. The molecule has 1 N–H and O–H groups in total. The van der Waals surface area contributed by atoms with Crippen LogP contribution in [0, 0.1) is 0 Å². The zero-order valence-electron chi connectivity index (χ0n) is 14.3.